The van der Waals surface area contributed by atoms with Crippen molar-refractivity contribution in [2.75, 3.05) is 7.11 Å². The summed E-state index contributed by atoms with van der Waals surface area (Å²) in [5.41, 5.74) is 6.18. The molecule has 0 aromatic heterocycles. The van der Waals surface area contributed by atoms with Gasteiger partial charge in [0, 0.05) is 6.07 Å². The van der Waals surface area contributed by atoms with Crippen LogP contribution in [0.3, 0.4) is 0 Å². The molecule has 0 spiro atoms. The molecule has 86 valence electrons. The van der Waals surface area contributed by atoms with E-state index in [1.54, 1.807) is 13.0 Å². The highest BCUT2D eigenvalue weighted by molar-refractivity contribution is 5.85. The molecule has 0 fully saturated rings. The standard InChI is InChI=1S/C10H14FNO2.ClH/c1-6(13)10(12)7-3-8(11)5-9(4-7)14-2;/h3-6,10,13H,12H2,1-2H3;1H/t6-,10-;/m1./s1. The highest BCUT2D eigenvalue weighted by Gasteiger charge is 2.13. The molecule has 15 heavy (non-hydrogen) atoms. The van der Waals surface area contributed by atoms with Crippen LogP contribution < -0.4 is 10.5 Å². The number of aliphatic hydroxyl groups excluding tert-OH is 1. The molecule has 2 atom stereocenters. The molecule has 0 amide bonds. The van der Waals surface area contributed by atoms with E-state index in [-0.39, 0.29) is 12.4 Å². The average Bonchev–Trinajstić information content (AvgIpc) is 2.15. The predicted molar refractivity (Wildman–Crippen MR) is 58.8 cm³/mol. The Kier molecular flexibility index (Phi) is 5.57. The summed E-state index contributed by atoms with van der Waals surface area (Å²) >= 11 is 0. The summed E-state index contributed by atoms with van der Waals surface area (Å²) in [6.07, 6.45) is -0.721. The zero-order valence-corrected chi connectivity index (χ0v) is 9.42. The molecule has 3 N–H and O–H groups in total. The van der Waals surface area contributed by atoms with Crippen molar-refractivity contribution in [3.63, 3.8) is 0 Å². The van der Waals surface area contributed by atoms with Gasteiger partial charge in [-0.2, -0.15) is 0 Å². The first-order valence-electron chi connectivity index (χ1n) is 4.32. The van der Waals surface area contributed by atoms with Gasteiger partial charge >= 0.3 is 0 Å². The van der Waals surface area contributed by atoms with Crippen molar-refractivity contribution < 1.29 is 14.2 Å². The molecule has 0 saturated heterocycles. The highest BCUT2D eigenvalue weighted by Crippen LogP contribution is 2.21. The maximum Gasteiger partial charge on any atom is 0.127 e. The third-order valence-corrected chi connectivity index (χ3v) is 2.03. The molecule has 0 heterocycles. The van der Waals surface area contributed by atoms with Gasteiger partial charge in [0.25, 0.3) is 0 Å². The largest absolute Gasteiger partial charge is 0.497 e. The van der Waals surface area contributed by atoms with E-state index in [1.165, 1.54) is 19.2 Å². The molecule has 0 unspecified atom stereocenters. The predicted octanol–water partition coefficient (Wildman–Crippen LogP) is 1.64. The molecule has 1 aromatic carbocycles. The van der Waals surface area contributed by atoms with Gasteiger partial charge in [0.2, 0.25) is 0 Å². The summed E-state index contributed by atoms with van der Waals surface area (Å²) in [5.74, 6) is -0.0217. The minimum Gasteiger partial charge on any atom is -0.497 e. The molecule has 0 radical (unpaired) electrons. The topological polar surface area (TPSA) is 55.5 Å². The molecule has 1 rings (SSSR count). The summed E-state index contributed by atoms with van der Waals surface area (Å²) in [4.78, 5) is 0. The summed E-state index contributed by atoms with van der Waals surface area (Å²) in [7, 11) is 1.45. The Morgan fingerprint density at radius 3 is 2.47 bits per heavy atom. The van der Waals surface area contributed by atoms with Crippen molar-refractivity contribution in [3.05, 3.63) is 29.6 Å². The maximum atomic E-state index is 13.0. The van der Waals surface area contributed by atoms with Gasteiger partial charge in [-0.15, -0.1) is 12.4 Å². The zero-order chi connectivity index (χ0) is 10.7. The summed E-state index contributed by atoms with van der Waals surface area (Å²) in [6.45, 7) is 1.56. The third kappa shape index (κ3) is 3.66. The van der Waals surface area contributed by atoms with E-state index in [4.69, 9.17) is 10.5 Å². The van der Waals surface area contributed by atoms with E-state index >= 15 is 0 Å². The highest BCUT2D eigenvalue weighted by atomic mass is 35.5. The number of hydrogen-bond acceptors (Lipinski definition) is 3. The Morgan fingerprint density at radius 1 is 1.40 bits per heavy atom. The van der Waals surface area contributed by atoms with Crippen LogP contribution in [-0.4, -0.2) is 18.3 Å². The molecule has 0 bridgehead atoms. The number of nitrogens with two attached hydrogens (primary N) is 1. The number of aliphatic hydroxyl groups is 1. The SMILES string of the molecule is COc1cc(F)cc([C@H](N)[C@@H](C)O)c1.Cl. The van der Waals surface area contributed by atoms with E-state index in [0.29, 0.717) is 11.3 Å². The fourth-order valence-corrected chi connectivity index (χ4v) is 1.17. The van der Waals surface area contributed by atoms with Crippen molar-refractivity contribution >= 4 is 12.4 Å². The molecule has 0 aliphatic heterocycles. The third-order valence-electron chi connectivity index (χ3n) is 2.03. The minimum atomic E-state index is -0.721. The number of hydrogen-bond donors (Lipinski definition) is 2. The van der Waals surface area contributed by atoms with Crippen LogP contribution in [0.15, 0.2) is 18.2 Å². The lowest BCUT2D eigenvalue weighted by Gasteiger charge is -2.15. The van der Waals surface area contributed by atoms with Gasteiger partial charge in [-0.3, -0.25) is 0 Å². The summed E-state index contributed by atoms with van der Waals surface area (Å²) in [6, 6.07) is 3.57. The van der Waals surface area contributed by atoms with Crippen LogP contribution in [0, 0.1) is 5.82 Å². The lowest BCUT2D eigenvalue weighted by atomic mass is 10.0. The molecule has 0 saturated carbocycles. The van der Waals surface area contributed by atoms with E-state index in [9.17, 15) is 9.50 Å². The van der Waals surface area contributed by atoms with Crippen LogP contribution in [0.4, 0.5) is 4.39 Å². The van der Waals surface area contributed by atoms with Crippen molar-refractivity contribution in [3.8, 4) is 5.75 Å². The average molecular weight is 236 g/mol. The van der Waals surface area contributed by atoms with Crippen LogP contribution in [0.5, 0.6) is 5.75 Å². The second-order valence-corrected chi connectivity index (χ2v) is 3.19. The van der Waals surface area contributed by atoms with Gasteiger partial charge in [0.05, 0.1) is 19.3 Å². The molecular formula is C10H15ClFNO2. The Morgan fingerprint density at radius 2 is 2.00 bits per heavy atom. The van der Waals surface area contributed by atoms with Crippen LogP contribution in [0.25, 0.3) is 0 Å². The first kappa shape index (κ1) is 14.2. The van der Waals surface area contributed by atoms with Crippen LogP contribution >= 0.6 is 12.4 Å². The summed E-state index contributed by atoms with van der Waals surface area (Å²) in [5, 5.41) is 9.24. The van der Waals surface area contributed by atoms with Gasteiger partial charge in [0.1, 0.15) is 11.6 Å². The minimum absolute atomic E-state index is 0. The zero-order valence-electron chi connectivity index (χ0n) is 8.61. The molecule has 5 heteroatoms. The molecule has 1 aromatic rings. The normalized spacial score (nSPS) is 13.9. The maximum absolute atomic E-state index is 13.0. The fraction of sp³-hybridized carbons (Fsp3) is 0.400. The van der Waals surface area contributed by atoms with E-state index in [0.717, 1.165) is 0 Å². The van der Waals surface area contributed by atoms with Gasteiger partial charge in [-0.1, -0.05) is 0 Å². The fourth-order valence-electron chi connectivity index (χ4n) is 1.17. The monoisotopic (exact) mass is 235 g/mol. The lowest BCUT2D eigenvalue weighted by molar-refractivity contribution is 0.164. The first-order valence-corrected chi connectivity index (χ1v) is 4.32. The van der Waals surface area contributed by atoms with Gasteiger partial charge in [-0.25, -0.2) is 4.39 Å². The first-order chi connectivity index (χ1) is 6.54. The molecule has 3 nitrogen and oxygen atoms in total. The second kappa shape index (κ2) is 5.90. The molecule has 0 aliphatic rings. The Labute approximate surface area is 94.5 Å². The quantitative estimate of drug-likeness (QED) is 0.838. The number of methoxy groups -OCH3 is 1. The van der Waals surface area contributed by atoms with E-state index < -0.39 is 18.0 Å². The number of rotatable bonds is 3. The smallest absolute Gasteiger partial charge is 0.127 e. The van der Waals surface area contributed by atoms with E-state index in [2.05, 4.69) is 0 Å². The van der Waals surface area contributed by atoms with Crippen molar-refractivity contribution in [2.24, 2.45) is 5.73 Å². The Balaban J connectivity index is 0.00000196. The van der Waals surface area contributed by atoms with Gasteiger partial charge in [0.15, 0.2) is 0 Å². The lowest BCUT2D eigenvalue weighted by Crippen LogP contribution is -2.23. The number of ether oxygens (including phenoxy) is 1. The number of halogens is 2. The van der Waals surface area contributed by atoms with Gasteiger partial charge in [-0.05, 0) is 24.6 Å². The van der Waals surface area contributed by atoms with Crippen LogP contribution in [0.1, 0.15) is 18.5 Å². The van der Waals surface area contributed by atoms with Crippen LogP contribution in [-0.2, 0) is 0 Å². The van der Waals surface area contributed by atoms with Crippen molar-refractivity contribution in [1.82, 2.24) is 0 Å². The summed E-state index contributed by atoms with van der Waals surface area (Å²) < 4.78 is 17.9. The Hall–Kier alpha value is -0.840. The van der Waals surface area contributed by atoms with Crippen molar-refractivity contribution in [2.45, 2.75) is 19.1 Å². The number of benzene rings is 1. The van der Waals surface area contributed by atoms with Crippen LogP contribution in [0.2, 0.25) is 0 Å². The van der Waals surface area contributed by atoms with Crippen molar-refractivity contribution in [1.29, 1.82) is 0 Å². The second-order valence-electron chi connectivity index (χ2n) is 3.19. The Bertz CT molecular complexity index is 320. The molecule has 0 aliphatic carbocycles. The van der Waals surface area contributed by atoms with Gasteiger partial charge < -0.3 is 15.6 Å². The van der Waals surface area contributed by atoms with E-state index in [1.807, 2.05) is 0 Å². The molecular weight excluding hydrogens is 221 g/mol.